The van der Waals surface area contributed by atoms with E-state index in [0.717, 1.165) is 48.9 Å². The molecular weight excluding hydrogens is 418 g/mol. The van der Waals surface area contributed by atoms with E-state index in [0.29, 0.717) is 24.8 Å². The highest BCUT2D eigenvalue weighted by molar-refractivity contribution is 5.93. The summed E-state index contributed by atoms with van der Waals surface area (Å²) in [6.07, 6.45) is 3.98. The number of hydrogen-bond acceptors (Lipinski definition) is 6. The van der Waals surface area contributed by atoms with E-state index in [1.165, 1.54) is 0 Å². The maximum atomic E-state index is 12.8. The number of rotatable bonds is 9. The van der Waals surface area contributed by atoms with Crippen molar-refractivity contribution in [2.24, 2.45) is 11.8 Å². The van der Waals surface area contributed by atoms with Gasteiger partial charge in [-0.2, -0.15) is 0 Å². The van der Waals surface area contributed by atoms with Crippen LogP contribution in [0.1, 0.15) is 55.9 Å². The van der Waals surface area contributed by atoms with Gasteiger partial charge in [0.2, 0.25) is 0 Å². The lowest BCUT2D eigenvalue weighted by atomic mass is 9.97. The molecule has 0 saturated carbocycles. The quantitative estimate of drug-likeness (QED) is 0.483. The monoisotopic (exact) mass is 451 g/mol. The van der Waals surface area contributed by atoms with Gasteiger partial charge in [-0.25, -0.2) is 0 Å². The van der Waals surface area contributed by atoms with Gasteiger partial charge in [-0.15, -0.1) is 0 Å². The Labute approximate surface area is 195 Å². The zero-order valence-corrected chi connectivity index (χ0v) is 19.6. The SMILES string of the molecule is CC(C)COc1ccc(-c2cc(C(=O)NCC(c3ccco3)N3CCC(C)CC3)no2)cc1. The molecule has 1 aliphatic heterocycles. The molecule has 1 amide bonds. The summed E-state index contributed by atoms with van der Waals surface area (Å²) in [6, 6.07) is 13.1. The van der Waals surface area contributed by atoms with Gasteiger partial charge in [0.15, 0.2) is 11.5 Å². The lowest BCUT2D eigenvalue weighted by molar-refractivity contribution is 0.0887. The van der Waals surface area contributed by atoms with Crippen LogP contribution in [0.3, 0.4) is 0 Å². The second-order valence-electron chi connectivity index (χ2n) is 9.27. The summed E-state index contributed by atoms with van der Waals surface area (Å²) in [5.41, 5.74) is 1.10. The minimum atomic E-state index is -0.260. The van der Waals surface area contributed by atoms with E-state index in [4.69, 9.17) is 13.7 Å². The molecular formula is C26H33N3O4. The summed E-state index contributed by atoms with van der Waals surface area (Å²) >= 11 is 0. The number of aromatic nitrogens is 1. The third kappa shape index (κ3) is 6.05. The van der Waals surface area contributed by atoms with Crippen LogP contribution < -0.4 is 10.1 Å². The van der Waals surface area contributed by atoms with Gasteiger partial charge in [0, 0.05) is 18.2 Å². The van der Waals surface area contributed by atoms with Crippen LogP contribution in [0.25, 0.3) is 11.3 Å². The minimum Gasteiger partial charge on any atom is -0.493 e. The Morgan fingerprint density at radius 1 is 1.21 bits per heavy atom. The normalized spacial score (nSPS) is 16.1. The molecule has 1 fully saturated rings. The summed E-state index contributed by atoms with van der Waals surface area (Å²) in [6.45, 7) is 9.61. The van der Waals surface area contributed by atoms with Gasteiger partial charge in [-0.3, -0.25) is 9.69 Å². The van der Waals surface area contributed by atoms with Crippen LogP contribution in [0, 0.1) is 11.8 Å². The molecule has 0 aliphatic carbocycles. The van der Waals surface area contributed by atoms with Crippen LogP contribution >= 0.6 is 0 Å². The molecule has 4 rings (SSSR count). The van der Waals surface area contributed by atoms with E-state index < -0.39 is 0 Å². The van der Waals surface area contributed by atoms with Crippen LogP contribution in [-0.4, -0.2) is 42.2 Å². The predicted octanol–water partition coefficient (Wildman–Crippen LogP) is 5.17. The van der Waals surface area contributed by atoms with Crippen LogP contribution in [0.5, 0.6) is 5.75 Å². The van der Waals surface area contributed by atoms with E-state index in [9.17, 15) is 4.79 Å². The van der Waals surface area contributed by atoms with E-state index in [2.05, 4.69) is 36.1 Å². The lowest BCUT2D eigenvalue weighted by Gasteiger charge is -2.35. The molecule has 0 bridgehead atoms. The van der Waals surface area contributed by atoms with Gasteiger partial charge < -0.3 is 19.0 Å². The zero-order valence-electron chi connectivity index (χ0n) is 19.6. The van der Waals surface area contributed by atoms with E-state index >= 15 is 0 Å². The van der Waals surface area contributed by atoms with E-state index in [1.807, 2.05) is 36.4 Å². The van der Waals surface area contributed by atoms with Crippen molar-refractivity contribution in [1.29, 1.82) is 0 Å². The van der Waals surface area contributed by atoms with Crippen LogP contribution in [0.4, 0.5) is 0 Å². The first-order chi connectivity index (χ1) is 16.0. The summed E-state index contributed by atoms with van der Waals surface area (Å²) in [7, 11) is 0. The van der Waals surface area contributed by atoms with Crippen LogP contribution in [-0.2, 0) is 0 Å². The second kappa shape index (κ2) is 10.7. The predicted molar refractivity (Wildman–Crippen MR) is 126 cm³/mol. The van der Waals surface area contributed by atoms with Crippen molar-refractivity contribution >= 4 is 5.91 Å². The molecule has 7 nitrogen and oxygen atoms in total. The number of piperidine rings is 1. The molecule has 176 valence electrons. The molecule has 33 heavy (non-hydrogen) atoms. The largest absolute Gasteiger partial charge is 0.493 e. The Morgan fingerprint density at radius 2 is 1.97 bits per heavy atom. The Kier molecular flexibility index (Phi) is 7.50. The Morgan fingerprint density at radius 3 is 2.64 bits per heavy atom. The van der Waals surface area contributed by atoms with E-state index in [-0.39, 0.29) is 17.6 Å². The Hall–Kier alpha value is -3.06. The van der Waals surface area contributed by atoms with Crippen LogP contribution in [0.2, 0.25) is 0 Å². The molecule has 7 heteroatoms. The molecule has 3 aromatic rings. The summed E-state index contributed by atoms with van der Waals surface area (Å²) in [4.78, 5) is 15.2. The van der Waals surface area contributed by atoms with Crippen molar-refractivity contribution in [3.8, 4) is 17.1 Å². The summed E-state index contributed by atoms with van der Waals surface area (Å²) in [5.74, 6) is 3.15. The fourth-order valence-corrected chi connectivity index (χ4v) is 4.01. The fourth-order valence-electron chi connectivity index (χ4n) is 4.01. The molecule has 3 heterocycles. The number of benzene rings is 1. The second-order valence-corrected chi connectivity index (χ2v) is 9.27. The maximum Gasteiger partial charge on any atom is 0.273 e. The lowest BCUT2D eigenvalue weighted by Crippen LogP contribution is -2.41. The number of carbonyl (C=O) groups is 1. The van der Waals surface area contributed by atoms with Gasteiger partial charge in [0.05, 0.1) is 18.9 Å². The minimum absolute atomic E-state index is 0.00112. The van der Waals surface area contributed by atoms with Gasteiger partial charge in [-0.1, -0.05) is 25.9 Å². The number of amides is 1. The molecule has 1 aliphatic rings. The van der Waals surface area contributed by atoms with Gasteiger partial charge in [0.25, 0.3) is 5.91 Å². The number of carbonyl (C=O) groups excluding carboxylic acids is 1. The van der Waals surface area contributed by atoms with Crippen molar-refractivity contribution in [3.63, 3.8) is 0 Å². The average molecular weight is 452 g/mol. The number of nitrogens with one attached hydrogen (secondary N) is 1. The molecule has 1 N–H and O–H groups in total. The maximum absolute atomic E-state index is 12.8. The highest BCUT2D eigenvalue weighted by Gasteiger charge is 2.27. The number of likely N-dealkylation sites (tertiary alicyclic amines) is 1. The van der Waals surface area contributed by atoms with Crippen molar-refractivity contribution in [2.45, 2.75) is 39.7 Å². The van der Waals surface area contributed by atoms with Crippen molar-refractivity contribution < 1.29 is 18.5 Å². The average Bonchev–Trinajstić information content (AvgIpc) is 3.52. The molecule has 2 aromatic heterocycles. The molecule has 1 unspecified atom stereocenters. The van der Waals surface area contributed by atoms with Crippen molar-refractivity contribution in [2.75, 3.05) is 26.2 Å². The first-order valence-electron chi connectivity index (χ1n) is 11.7. The fraction of sp³-hybridized carbons (Fsp3) is 0.462. The van der Waals surface area contributed by atoms with Gasteiger partial charge in [-0.05, 0) is 74.2 Å². The van der Waals surface area contributed by atoms with Crippen molar-refractivity contribution in [1.82, 2.24) is 15.4 Å². The van der Waals surface area contributed by atoms with Gasteiger partial charge >= 0.3 is 0 Å². The third-order valence-corrected chi connectivity index (χ3v) is 6.05. The number of furan rings is 1. The highest BCUT2D eigenvalue weighted by atomic mass is 16.5. The first-order valence-corrected chi connectivity index (χ1v) is 11.7. The van der Waals surface area contributed by atoms with E-state index in [1.54, 1.807) is 12.3 Å². The number of hydrogen-bond donors (Lipinski definition) is 1. The molecule has 0 radical (unpaired) electrons. The number of nitrogens with zero attached hydrogens (tertiary/aromatic N) is 2. The standard InChI is InChI=1S/C26H33N3O4/c1-18(2)17-32-21-8-6-20(7-9-21)25-15-22(28-33-25)26(30)27-16-23(24-5-4-14-31-24)29-12-10-19(3)11-13-29/h4-9,14-15,18-19,23H,10-13,16-17H2,1-3H3,(H,27,30). The number of ether oxygens (including phenoxy) is 1. The summed E-state index contributed by atoms with van der Waals surface area (Å²) < 4.78 is 16.8. The third-order valence-electron chi connectivity index (χ3n) is 6.05. The molecule has 1 atom stereocenters. The summed E-state index contributed by atoms with van der Waals surface area (Å²) in [5, 5.41) is 7.00. The van der Waals surface area contributed by atoms with Crippen molar-refractivity contribution in [3.05, 3.63) is 60.2 Å². The first kappa shape index (κ1) is 23.1. The molecule has 1 saturated heterocycles. The Balaban J connectivity index is 1.37. The van der Waals surface area contributed by atoms with Crippen LogP contribution in [0.15, 0.2) is 57.7 Å². The Bertz CT molecular complexity index is 1000. The molecule has 1 aromatic carbocycles. The van der Waals surface area contributed by atoms with Gasteiger partial charge in [0.1, 0.15) is 11.5 Å². The molecule has 0 spiro atoms. The topological polar surface area (TPSA) is 80.7 Å². The smallest absolute Gasteiger partial charge is 0.273 e. The zero-order chi connectivity index (χ0) is 23.2. The highest BCUT2D eigenvalue weighted by Crippen LogP contribution is 2.27.